The summed E-state index contributed by atoms with van der Waals surface area (Å²) < 4.78 is 78.0. The van der Waals surface area contributed by atoms with Gasteiger partial charge in [0.15, 0.2) is 0 Å². The Hall–Kier alpha value is -3.23. The van der Waals surface area contributed by atoms with E-state index in [4.69, 9.17) is 10.5 Å². The lowest BCUT2D eigenvalue weighted by molar-refractivity contribution is -0.186. The standard InChI is InChI=1S/C24H24F3N5O4S2/c25-24(26,27)16-7-9-32(10-8-16)21-18-6-5-17(38(34,35)31-23-29-13-30-37-23)11-20(18)36-12-19(21)14-1-3-15(4-2-14)22(28)33/h1-6,11,13,16,19,21H,7-10,12H2,(H2,28,33)(H,29,30,31)/t19?,21-/m1/s1. The van der Waals surface area contributed by atoms with Crippen LogP contribution in [0.3, 0.4) is 0 Å². The minimum Gasteiger partial charge on any atom is -0.492 e. The molecule has 9 nitrogen and oxygen atoms in total. The van der Waals surface area contributed by atoms with E-state index in [0.717, 1.165) is 17.1 Å². The number of hydrogen-bond acceptors (Lipinski definition) is 8. The number of primary amides is 1. The van der Waals surface area contributed by atoms with Crippen LogP contribution in [-0.4, -0.2) is 54.5 Å². The molecule has 0 bridgehead atoms. The third-order valence-corrected chi connectivity index (χ3v) is 9.05. The molecule has 2 aromatic carbocycles. The summed E-state index contributed by atoms with van der Waals surface area (Å²) in [4.78, 5) is 17.3. The number of amides is 1. The number of nitrogens with zero attached hydrogens (tertiary/aromatic N) is 3. The molecule has 1 aromatic heterocycles. The molecule has 2 aliphatic heterocycles. The first-order chi connectivity index (χ1) is 18.0. The van der Waals surface area contributed by atoms with Crippen LogP contribution in [0, 0.1) is 5.92 Å². The number of hydrogen-bond donors (Lipinski definition) is 2. The molecule has 1 unspecified atom stereocenters. The summed E-state index contributed by atoms with van der Waals surface area (Å²) >= 11 is 0.897. The lowest BCUT2D eigenvalue weighted by Gasteiger charge is -2.44. The van der Waals surface area contributed by atoms with Crippen LogP contribution in [0.1, 0.15) is 46.3 Å². The number of anilines is 1. The fourth-order valence-electron chi connectivity index (χ4n) is 5.06. The average molecular weight is 568 g/mol. The van der Waals surface area contributed by atoms with Crippen LogP contribution in [-0.2, 0) is 10.0 Å². The number of alkyl halides is 3. The third kappa shape index (κ3) is 5.33. The van der Waals surface area contributed by atoms with Crippen LogP contribution >= 0.6 is 11.5 Å². The van der Waals surface area contributed by atoms with Gasteiger partial charge in [-0.1, -0.05) is 18.2 Å². The molecule has 3 heterocycles. The van der Waals surface area contributed by atoms with Gasteiger partial charge in [-0.25, -0.2) is 13.4 Å². The number of likely N-dealkylation sites (tertiary alicyclic amines) is 1. The molecular formula is C24H24F3N5O4S2. The van der Waals surface area contributed by atoms with Gasteiger partial charge in [-0.05, 0) is 49.7 Å². The van der Waals surface area contributed by atoms with Crippen molar-refractivity contribution in [3.8, 4) is 5.75 Å². The van der Waals surface area contributed by atoms with Crippen molar-refractivity contribution in [3.63, 3.8) is 0 Å². The Morgan fingerprint density at radius 2 is 1.84 bits per heavy atom. The van der Waals surface area contributed by atoms with E-state index in [2.05, 4.69) is 14.1 Å². The molecule has 3 N–H and O–H groups in total. The topological polar surface area (TPSA) is 128 Å². The number of fused-ring (bicyclic) bond motifs is 1. The van der Waals surface area contributed by atoms with Gasteiger partial charge in [0.05, 0.1) is 17.4 Å². The fourth-order valence-corrected chi connectivity index (χ4v) is 6.74. The van der Waals surface area contributed by atoms with Crippen molar-refractivity contribution in [1.29, 1.82) is 0 Å². The predicted octanol–water partition coefficient (Wildman–Crippen LogP) is 3.93. The van der Waals surface area contributed by atoms with Gasteiger partial charge in [0.1, 0.15) is 12.1 Å². The Balaban J connectivity index is 1.48. The van der Waals surface area contributed by atoms with Gasteiger partial charge in [0.2, 0.25) is 11.0 Å². The lowest BCUT2D eigenvalue weighted by atomic mass is 9.82. The summed E-state index contributed by atoms with van der Waals surface area (Å²) in [5.74, 6) is -1.85. The Kier molecular flexibility index (Phi) is 7.05. The lowest BCUT2D eigenvalue weighted by Crippen LogP contribution is -2.44. The quantitative estimate of drug-likeness (QED) is 0.462. The van der Waals surface area contributed by atoms with Crippen LogP contribution in [0.15, 0.2) is 53.7 Å². The van der Waals surface area contributed by atoms with E-state index in [1.165, 1.54) is 18.5 Å². The molecule has 2 atom stereocenters. The first-order valence-electron chi connectivity index (χ1n) is 11.8. The highest BCUT2D eigenvalue weighted by atomic mass is 32.2. The van der Waals surface area contributed by atoms with E-state index in [1.807, 2.05) is 4.90 Å². The Labute approximate surface area is 221 Å². The molecule has 3 aromatic rings. The van der Waals surface area contributed by atoms with Crippen molar-refractivity contribution in [2.45, 2.75) is 35.9 Å². The number of sulfonamides is 1. The molecule has 0 radical (unpaired) electrons. The van der Waals surface area contributed by atoms with Crippen molar-refractivity contribution in [3.05, 3.63) is 65.5 Å². The highest BCUT2D eigenvalue weighted by Crippen LogP contribution is 2.47. The van der Waals surface area contributed by atoms with E-state index in [-0.39, 0.29) is 54.5 Å². The summed E-state index contributed by atoms with van der Waals surface area (Å²) in [6.45, 7) is 0.617. The van der Waals surface area contributed by atoms with Gasteiger partial charge < -0.3 is 10.5 Å². The smallest absolute Gasteiger partial charge is 0.391 e. The van der Waals surface area contributed by atoms with Crippen LogP contribution < -0.4 is 15.2 Å². The van der Waals surface area contributed by atoms with E-state index in [0.29, 0.717) is 16.9 Å². The van der Waals surface area contributed by atoms with Crippen LogP contribution in [0.25, 0.3) is 0 Å². The summed E-state index contributed by atoms with van der Waals surface area (Å²) in [5.41, 5.74) is 7.22. The Bertz CT molecular complexity index is 1410. The van der Waals surface area contributed by atoms with Crippen molar-refractivity contribution in [2.24, 2.45) is 11.7 Å². The minimum absolute atomic E-state index is 0.0260. The second kappa shape index (κ2) is 10.2. The van der Waals surface area contributed by atoms with Crippen molar-refractivity contribution in [1.82, 2.24) is 14.3 Å². The van der Waals surface area contributed by atoms with Gasteiger partial charge in [-0.2, -0.15) is 17.5 Å². The minimum atomic E-state index is -4.24. The first kappa shape index (κ1) is 26.4. The van der Waals surface area contributed by atoms with Gasteiger partial charge in [0, 0.05) is 40.7 Å². The molecule has 0 saturated carbocycles. The number of benzene rings is 2. The van der Waals surface area contributed by atoms with Gasteiger partial charge in [-0.15, -0.1) is 0 Å². The van der Waals surface area contributed by atoms with Crippen molar-refractivity contribution >= 4 is 32.6 Å². The van der Waals surface area contributed by atoms with Crippen molar-refractivity contribution < 1.29 is 31.1 Å². The number of piperidine rings is 1. The van der Waals surface area contributed by atoms with E-state index >= 15 is 0 Å². The van der Waals surface area contributed by atoms with E-state index < -0.39 is 28.0 Å². The highest BCUT2D eigenvalue weighted by Gasteiger charge is 2.44. The van der Waals surface area contributed by atoms with Crippen LogP contribution in [0.4, 0.5) is 18.3 Å². The van der Waals surface area contributed by atoms with Crippen molar-refractivity contribution in [2.75, 3.05) is 24.4 Å². The molecular weight excluding hydrogens is 543 g/mol. The number of rotatable bonds is 6. The Morgan fingerprint density at radius 3 is 2.45 bits per heavy atom. The van der Waals surface area contributed by atoms with Gasteiger partial charge in [0.25, 0.3) is 10.0 Å². The number of aromatic nitrogens is 2. The number of carbonyl (C=O) groups excluding carboxylic acids is 1. The zero-order valence-electron chi connectivity index (χ0n) is 19.9. The molecule has 2 aliphatic rings. The zero-order chi connectivity index (χ0) is 27.1. The molecule has 1 saturated heterocycles. The Morgan fingerprint density at radius 1 is 1.13 bits per heavy atom. The fraction of sp³-hybridized carbons (Fsp3) is 0.375. The summed E-state index contributed by atoms with van der Waals surface area (Å²) in [5, 5.41) is 0.119. The maximum atomic E-state index is 13.3. The summed E-state index contributed by atoms with van der Waals surface area (Å²) in [6, 6.07) is 10.9. The normalized spacial score (nSPS) is 20.9. The monoisotopic (exact) mass is 567 g/mol. The maximum absolute atomic E-state index is 13.3. The molecule has 202 valence electrons. The number of carbonyl (C=O) groups is 1. The molecule has 1 fully saturated rings. The van der Waals surface area contributed by atoms with E-state index in [1.54, 1.807) is 30.3 Å². The second-order valence-corrected chi connectivity index (χ2v) is 11.7. The predicted molar refractivity (Wildman–Crippen MR) is 133 cm³/mol. The summed E-state index contributed by atoms with van der Waals surface area (Å²) in [7, 11) is -3.97. The molecule has 38 heavy (non-hydrogen) atoms. The number of nitrogens with two attached hydrogens (primary N) is 1. The second-order valence-electron chi connectivity index (χ2n) is 9.25. The highest BCUT2D eigenvalue weighted by molar-refractivity contribution is 7.93. The number of ether oxygens (including phenoxy) is 1. The zero-order valence-corrected chi connectivity index (χ0v) is 21.5. The molecule has 0 aliphatic carbocycles. The van der Waals surface area contributed by atoms with E-state index in [9.17, 15) is 26.4 Å². The summed E-state index contributed by atoms with van der Waals surface area (Å²) in [6.07, 6.45) is -3.06. The third-order valence-electron chi connectivity index (χ3n) is 7.01. The molecule has 5 rings (SSSR count). The van der Waals surface area contributed by atoms with Gasteiger partial charge >= 0.3 is 6.18 Å². The van der Waals surface area contributed by atoms with Crippen LogP contribution in [0.2, 0.25) is 0 Å². The number of nitrogens with one attached hydrogen (secondary N) is 1. The molecule has 14 heteroatoms. The maximum Gasteiger partial charge on any atom is 0.391 e. The largest absolute Gasteiger partial charge is 0.492 e. The number of halogens is 3. The SMILES string of the molecule is NC(=O)c1ccc(C2COc3cc(S(=O)(=O)Nc4ncns4)ccc3[C@H]2N2CCC(C(F)(F)F)CC2)cc1. The average Bonchev–Trinajstić information content (AvgIpc) is 3.39. The molecule has 1 amide bonds. The molecule has 0 spiro atoms. The van der Waals surface area contributed by atoms with Crippen LogP contribution in [0.5, 0.6) is 5.75 Å². The first-order valence-corrected chi connectivity index (χ1v) is 14.1. The van der Waals surface area contributed by atoms with Gasteiger partial charge in [-0.3, -0.25) is 14.4 Å².